The molecule has 0 fully saturated rings. The van der Waals surface area contributed by atoms with E-state index in [1.54, 1.807) is 11.3 Å². The number of hydrogen-bond acceptors (Lipinski definition) is 6. The fourth-order valence-corrected chi connectivity index (χ4v) is 2.99. The molecule has 0 radical (unpaired) electrons. The molecule has 0 unspecified atom stereocenters. The number of benzene rings is 1. The summed E-state index contributed by atoms with van der Waals surface area (Å²) in [5.74, 6) is 2.24. The molecule has 6 heteroatoms. The van der Waals surface area contributed by atoms with Crippen LogP contribution < -0.4 is 9.47 Å². The number of ether oxygens (including phenoxy) is 2. The first-order chi connectivity index (χ1) is 10.3. The second kappa shape index (κ2) is 4.89. The van der Waals surface area contributed by atoms with Gasteiger partial charge in [-0.15, -0.1) is 11.3 Å². The van der Waals surface area contributed by atoms with Gasteiger partial charge in [0.1, 0.15) is 23.9 Å². The lowest BCUT2D eigenvalue weighted by molar-refractivity contribution is 0.171. The monoisotopic (exact) mass is 300 g/mol. The van der Waals surface area contributed by atoms with Crippen LogP contribution in [0.1, 0.15) is 5.69 Å². The van der Waals surface area contributed by atoms with E-state index in [9.17, 15) is 0 Å². The first-order valence-corrected chi connectivity index (χ1v) is 7.47. The average Bonchev–Trinajstić information content (AvgIpc) is 3.15. The van der Waals surface area contributed by atoms with Gasteiger partial charge in [0.05, 0.1) is 5.69 Å². The van der Waals surface area contributed by atoms with Crippen LogP contribution in [0, 0.1) is 6.92 Å². The third-order valence-electron chi connectivity index (χ3n) is 3.17. The molecule has 0 aliphatic carbocycles. The molecule has 0 spiro atoms. The van der Waals surface area contributed by atoms with E-state index < -0.39 is 0 Å². The third-order valence-corrected chi connectivity index (χ3v) is 4.07. The zero-order chi connectivity index (χ0) is 14.2. The summed E-state index contributed by atoms with van der Waals surface area (Å²) >= 11 is 1.56. The number of fused-ring (bicyclic) bond motifs is 1. The molecule has 3 aromatic rings. The fraction of sp³-hybridized carbons (Fsp3) is 0.200. The SMILES string of the molecule is Cc1cc(-c2csc(-c3ccc4c(c3)OCCO4)n2)on1. The van der Waals surface area contributed by atoms with Crippen molar-refractivity contribution >= 4 is 11.3 Å². The molecule has 4 rings (SSSR count). The predicted octanol–water partition coefficient (Wildman–Crippen LogP) is 3.54. The first-order valence-electron chi connectivity index (χ1n) is 6.59. The highest BCUT2D eigenvalue weighted by molar-refractivity contribution is 7.13. The van der Waals surface area contributed by atoms with Gasteiger partial charge in [0.2, 0.25) is 0 Å². The molecule has 1 aliphatic rings. The summed E-state index contributed by atoms with van der Waals surface area (Å²) < 4.78 is 16.4. The Kier molecular flexibility index (Phi) is 2.89. The molecule has 1 aliphatic heterocycles. The molecule has 0 atom stereocenters. The molecule has 0 amide bonds. The van der Waals surface area contributed by atoms with Crippen molar-refractivity contribution in [3.8, 4) is 33.5 Å². The molecular formula is C15H12N2O3S. The lowest BCUT2D eigenvalue weighted by Gasteiger charge is -2.18. The van der Waals surface area contributed by atoms with Crippen molar-refractivity contribution in [2.45, 2.75) is 6.92 Å². The highest BCUT2D eigenvalue weighted by atomic mass is 32.1. The van der Waals surface area contributed by atoms with Crippen LogP contribution in [0.25, 0.3) is 22.0 Å². The molecule has 21 heavy (non-hydrogen) atoms. The Morgan fingerprint density at radius 3 is 2.76 bits per heavy atom. The molecular weight excluding hydrogens is 288 g/mol. The van der Waals surface area contributed by atoms with Gasteiger partial charge in [-0.1, -0.05) is 5.16 Å². The van der Waals surface area contributed by atoms with Gasteiger partial charge in [-0.2, -0.15) is 0 Å². The number of thiazole rings is 1. The Hall–Kier alpha value is -2.34. The molecule has 0 saturated carbocycles. The maximum Gasteiger partial charge on any atom is 0.186 e. The molecule has 1 aromatic carbocycles. The van der Waals surface area contributed by atoms with Crippen molar-refractivity contribution < 1.29 is 14.0 Å². The van der Waals surface area contributed by atoms with E-state index in [1.807, 2.05) is 36.6 Å². The normalized spacial score (nSPS) is 13.4. The predicted molar refractivity (Wildman–Crippen MR) is 78.8 cm³/mol. The largest absolute Gasteiger partial charge is 0.486 e. The number of aromatic nitrogens is 2. The third kappa shape index (κ3) is 2.27. The summed E-state index contributed by atoms with van der Waals surface area (Å²) in [4.78, 5) is 4.60. The highest BCUT2D eigenvalue weighted by Gasteiger charge is 2.15. The Balaban J connectivity index is 1.69. The lowest BCUT2D eigenvalue weighted by Crippen LogP contribution is -2.15. The van der Waals surface area contributed by atoms with Crippen LogP contribution in [0.2, 0.25) is 0 Å². The average molecular weight is 300 g/mol. The van der Waals surface area contributed by atoms with E-state index >= 15 is 0 Å². The van der Waals surface area contributed by atoms with Crippen molar-refractivity contribution in [1.29, 1.82) is 0 Å². The zero-order valence-electron chi connectivity index (χ0n) is 11.3. The van der Waals surface area contributed by atoms with Crippen LogP contribution in [0.5, 0.6) is 11.5 Å². The van der Waals surface area contributed by atoms with Crippen LogP contribution in [0.15, 0.2) is 34.2 Å². The van der Waals surface area contributed by atoms with Crippen LogP contribution in [-0.4, -0.2) is 23.4 Å². The molecule has 5 nitrogen and oxygen atoms in total. The summed E-state index contributed by atoms with van der Waals surface area (Å²) in [5.41, 5.74) is 2.65. The minimum Gasteiger partial charge on any atom is -0.486 e. The minimum atomic E-state index is 0.580. The van der Waals surface area contributed by atoms with E-state index in [2.05, 4.69) is 10.1 Å². The molecule has 0 saturated heterocycles. The van der Waals surface area contributed by atoms with Crippen LogP contribution in [0.4, 0.5) is 0 Å². The van der Waals surface area contributed by atoms with Gasteiger partial charge in [0, 0.05) is 17.0 Å². The highest BCUT2D eigenvalue weighted by Crippen LogP contribution is 2.36. The Morgan fingerprint density at radius 2 is 1.95 bits per heavy atom. The van der Waals surface area contributed by atoms with Crippen molar-refractivity contribution in [3.63, 3.8) is 0 Å². The minimum absolute atomic E-state index is 0.580. The number of aryl methyl sites for hydroxylation is 1. The van der Waals surface area contributed by atoms with Crippen molar-refractivity contribution in [1.82, 2.24) is 10.1 Å². The van der Waals surface area contributed by atoms with Gasteiger partial charge >= 0.3 is 0 Å². The maximum atomic E-state index is 5.60. The number of hydrogen-bond donors (Lipinski definition) is 0. The molecule has 106 valence electrons. The van der Waals surface area contributed by atoms with Gasteiger partial charge in [0.15, 0.2) is 17.3 Å². The van der Waals surface area contributed by atoms with E-state index in [0.717, 1.165) is 33.5 Å². The number of nitrogens with zero attached hydrogens (tertiary/aromatic N) is 2. The Labute approximate surface area is 125 Å². The smallest absolute Gasteiger partial charge is 0.186 e. The fourth-order valence-electron chi connectivity index (χ4n) is 2.18. The van der Waals surface area contributed by atoms with Gasteiger partial charge in [-0.05, 0) is 25.1 Å². The number of rotatable bonds is 2. The van der Waals surface area contributed by atoms with Crippen molar-refractivity contribution in [2.24, 2.45) is 0 Å². The summed E-state index contributed by atoms with van der Waals surface area (Å²) in [6, 6.07) is 7.75. The van der Waals surface area contributed by atoms with Gasteiger partial charge in [-0.3, -0.25) is 0 Å². The maximum absolute atomic E-state index is 5.60. The zero-order valence-corrected chi connectivity index (χ0v) is 12.1. The van der Waals surface area contributed by atoms with Crippen molar-refractivity contribution in [3.05, 3.63) is 35.3 Å². The first kappa shape index (κ1) is 12.4. The van der Waals surface area contributed by atoms with E-state index in [-0.39, 0.29) is 0 Å². The molecule has 2 aromatic heterocycles. The van der Waals surface area contributed by atoms with Crippen molar-refractivity contribution in [2.75, 3.05) is 13.2 Å². The molecule has 0 N–H and O–H groups in total. The molecule has 3 heterocycles. The summed E-state index contributed by atoms with van der Waals surface area (Å²) in [6.07, 6.45) is 0. The van der Waals surface area contributed by atoms with Crippen LogP contribution in [-0.2, 0) is 0 Å². The quantitative estimate of drug-likeness (QED) is 0.724. The molecule has 0 bridgehead atoms. The Morgan fingerprint density at radius 1 is 1.10 bits per heavy atom. The van der Waals surface area contributed by atoms with Gasteiger partial charge in [-0.25, -0.2) is 4.98 Å². The second-order valence-electron chi connectivity index (χ2n) is 4.73. The van der Waals surface area contributed by atoms with Gasteiger partial charge in [0.25, 0.3) is 0 Å². The Bertz CT molecular complexity index is 794. The van der Waals surface area contributed by atoms with Crippen LogP contribution in [0.3, 0.4) is 0 Å². The van der Waals surface area contributed by atoms with E-state index in [4.69, 9.17) is 14.0 Å². The standard InChI is InChI=1S/C15H12N2O3S/c1-9-6-13(20-17-9)11-8-21-15(16-11)10-2-3-12-14(7-10)19-5-4-18-12/h2-3,6-8H,4-5H2,1H3. The van der Waals surface area contributed by atoms with Gasteiger partial charge < -0.3 is 14.0 Å². The summed E-state index contributed by atoms with van der Waals surface area (Å²) in [7, 11) is 0. The lowest BCUT2D eigenvalue weighted by atomic mass is 10.2. The van der Waals surface area contributed by atoms with E-state index in [0.29, 0.717) is 19.0 Å². The second-order valence-corrected chi connectivity index (χ2v) is 5.59. The topological polar surface area (TPSA) is 57.4 Å². The summed E-state index contributed by atoms with van der Waals surface area (Å²) in [6.45, 7) is 3.07. The summed E-state index contributed by atoms with van der Waals surface area (Å²) in [5, 5.41) is 6.76. The van der Waals surface area contributed by atoms with E-state index in [1.165, 1.54) is 0 Å². The van der Waals surface area contributed by atoms with Crippen LogP contribution >= 0.6 is 11.3 Å².